The summed E-state index contributed by atoms with van der Waals surface area (Å²) in [4.78, 5) is 14.5. The van der Waals surface area contributed by atoms with Gasteiger partial charge in [-0.3, -0.25) is 0 Å². The van der Waals surface area contributed by atoms with E-state index in [2.05, 4.69) is 11.4 Å². The summed E-state index contributed by atoms with van der Waals surface area (Å²) in [5.74, 6) is 0. The van der Waals surface area contributed by atoms with Crippen molar-refractivity contribution in [2.45, 2.75) is 38.1 Å². The first-order chi connectivity index (χ1) is 11.7. The summed E-state index contributed by atoms with van der Waals surface area (Å²) in [7, 11) is 1.72. The molecule has 24 heavy (non-hydrogen) atoms. The number of aliphatic hydroxyl groups excluding tert-OH is 1. The maximum Gasteiger partial charge on any atom is 0.318 e. The lowest BCUT2D eigenvalue weighted by Gasteiger charge is -2.43. The lowest BCUT2D eigenvalue weighted by Crippen LogP contribution is -2.50. The maximum absolute atomic E-state index is 12.7. The number of hydrogen-bond acceptors (Lipinski definition) is 3. The molecule has 2 N–H and O–H groups in total. The number of carbonyl (C=O) groups is 1. The van der Waals surface area contributed by atoms with E-state index in [9.17, 15) is 9.90 Å². The number of ether oxygens (including phenoxy) is 1. The van der Waals surface area contributed by atoms with Gasteiger partial charge in [-0.1, -0.05) is 30.7 Å². The summed E-state index contributed by atoms with van der Waals surface area (Å²) < 4.78 is 5.21. The van der Waals surface area contributed by atoms with Gasteiger partial charge in [0.05, 0.1) is 12.6 Å². The number of urea groups is 1. The Balaban J connectivity index is 1.63. The molecule has 1 fully saturated rings. The molecule has 1 unspecified atom stereocenters. The van der Waals surface area contributed by atoms with Crippen LogP contribution in [0.4, 0.5) is 4.79 Å². The highest BCUT2D eigenvalue weighted by Crippen LogP contribution is 2.43. The van der Waals surface area contributed by atoms with E-state index < -0.39 is 0 Å². The molecule has 5 nitrogen and oxygen atoms in total. The molecule has 1 saturated carbocycles. The minimum absolute atomic E-state index is 0.0424. The molecule has 1 heterocycles. The second kappa shape index (κ2) is 7.53. The Kier molecular flexibility index (Phi) is 5.41. The van der Waals surface area contributed by atoms with E-state index in [1.807, 2.05) is 18.2 Å². The number of carbonyl (C=O) groups excluding carboxylic acids is 1. The quantitative estimate of drug-likeness (QED) is 0.841. The van der Waals surface area contributed by atoms with Gasteiger partial charge in [-0.25, -0.2) is 4.79 Å². The highest BCUT2D eigenvalue weighted by molar-refractivity contribution is 5.75. The van der Waals surface area contributed by atoms with Gasteiger partial charge in [-0.15, -0.1) is 0 Å². The van der Waals surface area contributed by atoms with Gasteiger partial charge in [0, 0.05) is 26.8 Å². The van der Waals surface area contributed by atoms with Crippen LogP contribution in [-0.4, -0.2) is 49.5 Å². The minimum Gasteiger partial charge on any atom is -0.394 e. The highest BCUT2D eigenvalue weighted by atomic mass is 16.5. The number of hydrogen-bond donors (Lipinski definition) is 2. The van der Waals surface area contributed by atoms with Gasteiger partial charge < -0.3 is 20.1 Å². The first kappa shape index (κ1) is 17.2. The van der Waals surface area contributed by atoms with E-state index >= 15 is 0 Å². The average molecular weight is 332 g/mol. The van der Waals surface area contributed by atoms with Crippen LogP contribution < -0.4 is 5.32 Å². The van der Waals surface area contributed by atoms with Gasteiger partial charge in [-0.05, 0) is 42.2 Å². The monoisotopic (exact) mass is 332 g/mol. The van der Waals surface area contributed by atoms with Crippen LogP contribution in [-0.2, 0) is 11.2 Å². The Bertz CT molecular complexity index is 571. The van der Waals surface area contributed by atoms with Crippen LogP contribution in [0.1, 0.15) is 42.9 Å². The van der Waals surface area contributed by atoms with Crippen molar-refractivity contribution in [1.82, 2.24) is 10.2 Å². The lowest BCUT2D eigenvalue weighted by atomic mass is 9.67. The van der Waals surface area contributed by atoms with E-state index in [1.54, 1.807) is 12.0 Å². The molecule has 0 saturated heterocycles. The van der Waals surface area contributed by atoms with E-state index in [0.717, 1.165) is 37.9 Å². The summed E-state index contributed by atoms with van der Waals surface area (Å²) in [6.07, 6.45) is 5.38. The molecule has 1 atom stereocenters. The zero-order valence-corrected chi connectivity index (χ0v) is 14.5. The topological polar surface area (TPSA) is 61.8 Å². The molecule has 0 spiro atoms. The average Bonchev–Trinajstić information content (AvgIpc) is 2.59. The van der Waals surface area contributed by atoms with Crippen LogP contribution in [0.5, 0.6) is 0 Å². The van der Waals surface area contributed by atoms with Gasteiger partial charge in [-0.2, -0.15) is 0 Å². The zero-order chi connectivity index (χ0) is 17.0. The Morgan fingerprint density at radius 1 is 1.42 bits per heavy atom. The SMILES string of the molecule is COCCC1(CNC(=O)N2CCc3ccccc3C2CO)CCC1. The van der Waals surface area contributed by atoms with Crippen LogP contribution in [0, 0.1) is 5.41 Å². The fraction of sp³-hybridized carbons (Fsp3) is 0.632. The van der Waals surface area contributed by atoms with E-state index in [0.29, 0.717) is 13.1 Å². The fourth-order valence-electron chi connectivity index (χ4n) is 3.97. The number of aliphatic hydroxyl groups is 1. The summed E-state index contributed by atoms with van der Waals surface area (Å²) in [5.41, 5.74) is 2.50. The van der Waals surface area contributed by atoms with Gasteiger partial charge in [0.25, 0.3) is 0 Å². The smallest absolute Gasteiger partial charge is 0.318 e. The van der Waals surface area contributed by atoms with E-state index in [-0.39, 0.29) is 24.1 Å². The first-order valence-electron chi connectivity index (χ1n) is 8.91. The molecule has 1 aromatic rings. The number of amides is 2. The Morgan fingerprint density at radius 2 is 2.21 bits per heavy atom. The normalized spacial score (nSPS) is 21.8. The van der Waals surface area contributed by atoms with Crippen LogP contribution in [0.25, 0.3) is 0 Å². The predicted molar refractivity (Wildman–Crippen MR) is 92.9 cm³/mol. The summed E-state index contributed by atoms with van der Waals surface area (Å²) >= 11 is 0. The van der Waals surface area contributed by atoms with Gasteiger partial charge >= 0.3 is 6.03 Å². The molecule has 2 aliphatic rings. The van der Waals surface area contributed by atoms with Crippen molar-refractivity contribution in [2.24, 2.45) is 5.41 Å². The summed E-state index contributed by atoms with van der Waals surface area (Å²) in [6, 6.07) is 7.78. The van der Waals surface area contributed by atoms with E-state index in [4.69, 9.17) is 4.74 Å². The highest BCUT2D eigenvalue weighted by Gasteiger charge is 2.38. The molecule has 3 rings (SSSR count). The number of benzene rings is 1. The number of fused-ring (bicyclic) bond motifs is 1. The lowest BCUT2D eigenvalue weighted by molar-refractivity contribution is 0.0665. The largest absolute Gasteiger partial charge is 0.394 e. The molecule has 2 amide bonds. The van der Waals surface area contributed by atoms with Crippen molar-refractivity contribution in [3.8, 4) is 0 Å². The van der Waals surface area contributed by atoms with Crippen LogP contribution in [0.3, 0.4) is 0 Å². The standard InChI is InChI=1S/C19H28N2O3/c1-24-12-10-19(8-4-9-19)14-20-18(23)21-11-7-15-5-2-3-6-16(15)17(21)13-22/h2-3,5-6,17,22H,4,7-14H2,1H3,(H,20,23). The Hall–Kier alpha value is -1.59. The fourth-order valence-corrected chi connectivity index (χ4v) is 3.97. The van der Waals surface area contributed by atoms with Crippen molar-refractivity contribution < 1.29 is 14.6 Å². The third kappa shape index (κ3) is 3.42. The number of nitrogens with one attached hydrogen (secondary N) is 1. The van der Waals surface area contributed by atoms with Crippen molar-refractivity contribution >= 4 is 6.03 Å². The van der Waals surface area contributed by atoms with Crippen molar-refractivity contribution in [3.63, 3.8) is 0 Å². The third-order valence-corrected chi connectivity index (χ3v) is 5.71. The molecule has 0 aromatic heterocycles. The molecule has 1 aliphatic carbocycles. The van der Waals surface area contributed by atoms with E-state index in [1.165, 1.54) is 12.0 Å². The number of methoxy groups -OCH3 is 1. The molecule has 132 valence electrons. The molecule has 0 bridgehead atoms. The molecular formula is C19H28N2O3. The summed E-state index contributed by atoms with van der Waals surface area (Å²) in [6.45, 7) is 2.05. The van der Waals surface area contributed by atoms with Gasteiger partial charge in [0.15, 0.2) is 0 Å². The van der Waals surface area contributed by atoms with Crippen LogP contribution in [0.2, 0.25) is 0 Å². The number of nitrogens with zero attached hydrogens (tertiary/aromatic N) is 1. The molecule has 0 radical (unpaired) electrons. The summed E-state index contributed by atoms with van der Waals surface area (Å²) in [5, 5.41) is 12.9. The van der Waals surface area contributed by atoms with Gasteiger partial charge in [0.2, 0.25) is 0 Å². The second-order valence-electron chi connectivity index (χ2n) is 7.10. The van der Waals surface area contributed by atoms with Crippen LogP contribution in [0.15, 0.2) is 24.3 Å². The van der Waals surface area contributed by atoms with Crippen molar-refractivity contribution in [3.05, 3.63) is 35.4 Å². The van der Waals surface area contributed by atoms with Crippen LogP contribution >= 0.6 is 0 Å². The minimum atomic E-state index is -0.244. The molecule has 5 heteroatoms. The number of rotatable bonds is 6. The van der Waals surface area contributed by atoms with Crippen molar-refractivity contribution in [2.75, 3.05) is 33.4 Å². The maximum atomic E-state index is 12.7. The van der Waals surface area contributed by atoms with Gasteiger partial charge in [0.1, 0.15) is 0 Å². The molecule has 1 aromatic carbocycles. The second-order valence-corrected chi connectivity index (χ2v) is 7.10. The Labute approximate surface area is 144 Å². The zero-order valence-electron chi connectivity index (χ0n) is 14.5. The Morgan fingerprint density at radius 3 is 2.88 bits per heavy atom. The molecular weight excluding hydrogens is 304 g/mol. The van der Waals surface area contributed by atoms with Crippen molar-refractivity contribution in [1.29, 1.82) is 0 Å². The first-order valence-corrected chi connectivity index (χ1v) is 8.91. The predicted octanol–water partition coefficient (Wildman–Crippen LogP) is 2.49. The molecule has 1 aliphatic heterocycles. The third-order valence-electron chi connectivity index (χ3n) is 5.71.